The Morgan fingerprint density at radius 2 is 0.893 bits per heavy atom. The Morgan fingerprint density at radius 3 is 1.52 bits per heavy atom. The second-order valence-corrected chi connectivity index (χ2v) is 13.7. The second kappa shape index (κ2) is 13.0. The third-order valence-electron chi connectivity index (χ3n) is 10.3. The molecule has 0 bridgehead atoms. The average molecular weight is 719 g/mol. The van der Waals surface area contributed by atoms with E-state index >= 15 is 0 Å². The molecule has 56 heavy (non-hydrogen) atoms. The van der Waals surface area contributed by atoms with E-state index < -0.39 is 0 Å². The quantitative estimate of drug-likeness (QED) is 0.170. The average Bonchev–Trinajstić information content (AvgIpc) is 3.83. The minimum Gasteiger partial charge on any atom is -0.437 e. The summed E-state index contributed by atoms with van der Waals surface area (Å²) < 4.78 is 9.01. The Kier molecular flexibility index (Phi) is 7.35. The third-order valence-corrected chi connectivity index (χ3v) is 10.3. The summed E-state index contributed by atoms with van der Waals surface area (Å²) in [5, 5.41) is 4.06. The maximum Gasteiger partial charge on any atom is 0.231 e. The van der Waals surface area contributed by atoms with E-state index in [9.17, 15) is 0 Å². The van der Waals surface area contributed by atoms with Crippen molar-refractivity contribution < 1.29 is 4.42 Å². The van der Waals surface area contributed by atoms with Crippen LogP contribution in [0.2, 0.25) is 0 Å². The molecule has 4 aromatic heterocycles. The molecule has 11 rings (SSSR count). The van der Waals surface area contributed by atoms with Crippen molar-refractivity contribution in [1.82, 2.24) is 29.5 Å². The first-order chi connectivity index (χ1) is 27.8. The molecule has 0 amide bonds. The summed E-state index contributed by atoms with van der Waals surface area (Å²) in [6.07, 6.45) is 0. The van der Waals surface area contributed by atoms with E-state index in [1.165, 1.54) is 0 Å². The molecular formula is C49H30N6O. The Balaban J connectivity index is 1.19. The van der Waals surface area contributed by atoms with Crippen molar-refractivity contribution in [2.75, 3.05) is 0 Å². The van der Waals surface area contributed by atoms with Crippen molar-refractivity contribution in [3.63, 3.8) is 0 Å². The van der Waals surface area contributed by atoms with Gasteiger partial charge in [-0.05, 0) is 30.3 Å². The van der Waals surface area contributed by atoms with E-state index in [-0.39, 0.29) is 0 Å². The fourth-order valence-corrected chi connectivity index (χ4v) is 7.72. The number of hydrogen-bond donors (Lipinski definition) is 0. The molecule has 262 valence electrons. The molecule has 0 saturated heterocycles. The van der Waals surface area contributed by atoms with Crippen LogP contribution in [0.3, 0.4) is 0 Å². The van der Waals surface area contributed by atoms with Crippen molar-refractivity contribution in [1.29, 1.82) is 0 Å². The summed E-state index contributed by atoms with van der Waals surface area (Å²) >= 11 is 0. The summed E-state index contributed by atoms with van der Waals surface area (Å²) in [4.78, 5) is 25.3. The number of aromatic nitrogens is 6. The molecule has 7 aromatic carbocycles. The molecule has 0 fully saturated rings. The third kappa shape index (κ3) is 5.25. The lowest BCUT2D eigenvalue weighted by Crippen LogP contribution is -2.01. The van der Waals surface area contributed by atoms with E-state index in [0.29, 0.717) is 29.0 Å². The number of benzene rings is 7. The highest BCUT2D eigenvalue weighted by Crippen LogP contribution is 2.44. The summed E-state index contributed by atoms with van der Waals surface area (Å²) in [5.74, 6) is 2.44. The zero-order valence-electron chi connectivity index (χ0n) is 29.9. The zero-order chi connectivity index (χ0) is 37.0. The van der Waals surface area contributed by atoms with Gasteiger partial charge in [-0.3, -0.25) is 0 Å². The number of nitrogens with zero attached hydrogens (tertiary/aromatic N) is 6. The molecule has 0 saturated carbocycles. The molecule has 0 N–H and O–H groups in total. The fourth-order valence-electron chi connectivity index (χ4n) is 7.72. The maximum absolute atomic E-state index is 6.68. The normalized spacial score (nSPS) is 11.6. The van der Waals surface area contributed by atoms with Crippen molar-refractivity contribution in [2.24, 2.45) is 0 Å². The minimum absolute atomic E-state index is 0.540. The van der Waals surface area contributed by atoms with Crippen LogP contribution in [0, 0.1) is 0 Å². The molecule has 7 heteroatoms. The number of fused-ring (bicyclic) bond motifs is 7. The van der Waals surface area contributed by atoms with Crippen LogP contribution in [-0.2, 0) is 0 Å². The van der Waals surface area contributed by atoms with Crippen LogP contribution in [0.15, 0.2) is 186 Å². The van der Waals surface area contributed by atoms with Gasteiger partial charge >= 0.3 is 0 Å². The fraction of sp³-hybridized carbons (Fsp3) is 0. The Morgan fingerprint density at radius 1 is 0.375 bits per heavy atom. The van der Waals surface area contributed by atoms with Gasteiger partial charge in [0, 0.05) is 44.3 Å². The van der Waals surface area contributed by atoms with Crippen molar-refractivity contribution in [3.05, 3.63) is 182 Å². The molecular weight excluding hydrogens is 689 g/mol. The molecule has 0 spiro atoms. The highest BCUT2D eigenvalue weighted by atomic mass is 16.3. The van der Waals surface area contributed by atoms with Crippen molar-refractivity contribution in [2.45, 2.75) is 0 Å². The van der Waals surface area contributed by atoms with E-state index in [0.717, 1.165) is 77.4 Å². The van der Waals surface area contributed by atoms with Gasteiger partial charge in [-0.25, -0.2) is 19.9 Å². The predicted molar refractivity (Wildman–Crippen MR) is 224 cm³/mol. The Bertz CT molecular complexity index is 3170. The Hall–Kier alpha value is -7.77. The number of para-hydroxylation sites is 1. The molecule has 11 aromatic rings. The molecule has 0 aliphatic heterocycles. The van der Waals surface area contributed by atoms with Crippen LogP contribution >= 0.6 is 0 Å². The van der Waals surface area contributed by atoms with Gasteiger partial charge in [0.25, 0.3) is 0 Å². The summed E-state index contributed by atoms with van der Waals surface area (Å²) in [7, 11) is 0. The van der Waals surface area contributed by atoms with Gasteiger partial charge in [-0.2, -0.15) is 4.98 Å². The summed E-state index contributed by atoms with van der Waals surface area (Å²) in [6, 6.07) is 61.6. The van der Waals surface area contributed by atoms with Crippen LogP contribution in [-0.4, -0.2) is 29.5 Å². The molecule has 7 nitrogen and oxygen atoms in total. The molecule has 4 heterocycles. The van der Waals surface area contributed by atoms with Crippen LogP contribution < -0.4 is 0 Å². The Labute approximate surface area is 321 Å². The van der Waals surface area contributed by atoms with E-state index in [1.807, 2.05) is 109 Å². The maximum atomic E-state index is 6.68. The molecule has 0 aliphatic rings. The van der Waals surface area contributed by atoms with Gasteiger partial charge < -0.3 is 8.98 Å². The zero-order valence-corrected chi connectivity index (χ0v) is 29.9. The second-order valence-electron chi connectivity index (χ2n) is 13.7. The van der Waals surface area contributed by atoms with Crippen LogP contribution in [0.25, 0.3) is 106 Å². The lowest BCUT2D eigenvalue weighted by molar-refractivity contribution is 0.654. The van der Waals surface area contributed by atoms with E-state index in [2.05, 4.69) is 77.4 Å². The first kappa shape index (κ1) is 31.7. The van der Waals surface area contributed by atoms with Gasteiger partial charge in [0.1, 0.15) is 5.58 Å². The molecule has 0 aliphatic carbocycles. The minimum atomic E-state index is 0.540. The van der Waals surface area contributed by atoms with Crippen LogP contribution in [0.4, 0.5) is 0 Å². The standard InChI is InChI=1S/C49H30N6O/c1-5-16-31(17-6-1)43-42-41-40(56-49(42)54-45(50-43)32-18-7-2-8-19-32)29-28-38-37-26-13-14-27-39(37)55(44(38)41)36-25-15-24-35(30-36)48-52-46(33-20-9-3-10-21-33)51-47(53-48)34-22-11-4-12-23-34/h1-30H. The monoisotopic (exact) mass is 718 g/mol. The van der Waals surface area contributed by atoms with Gasteiger partial charge in [-0.1, -0.05) is 152 Å². The van der Waals surface area contributed by atoms with E-state index in [4.69, 9.17) is 29.3 Å². The first-order valence-corrected chi connectivity index (χ1v) is 18.5. The highest BCUT2D eigenvalue weighted by Gasteiger charge is 2.24. The van der Waals surface area contributed by atoms with Gasteiger partial charge in [-0.15, -0.1) is 0 Å². The topological polar surface area (TPSA) is 82.5 Å². The molecule has 0 radical (unpaired) electrons. The lowest BCUT2D eigenvalue weighted by atomic mass is 10.0. The summed E-state index contributed by atoms with van der Waals surface area (Å²) in [6.45, 7) is 0. The van der Waals surface area contributed by atoms with Crippen molar-refractivity contribution in [3.8, 4) is 62.5 Å². The number of rotatable bonds is 6. The highest BCUT2D eigenvalue weighted by molar-refractivity contribution is 6.26. The van der Waals surface area contributed by atoms with Crippen LogP contribution in [0.5, 0.6) is 0 Å². The number of hydrogen-bond acceptors (Lipinski definition) is 6. The predicted octanol–water partition coefficient (Wildman–Crippen LogP) is 12.0. The van der Waals surface area contributed by atoms with Gasteiger partial charge in [0.05, 0.1) is 27.5 Å². The SMILES string of the molecule is c1ccc(-c2nc(-c3ccccc3)nc(-c3cccc(-n4c5ccccc5c5ccc6oc7nc(-c8ccccc8)nc(-c8ccccc8)c7c6c54)c3)n2)cc1. The summed E-state index contributed by atoms with van der Waals surface area (Å²) in [5.41, 5.74) is 9.76. The van der Waals surface area contributed by atoms with E-state index in [1.54, 1.807) is 0 Å². The first-order valence-electron chi connectivity index (χ1n) is 18.5. The van der Waals surface area contributed by atoms with Crippen LogP contribution in [0.1, 0.15) is 0 Å². The number of furan rings is 1. The smallest absolute Gasteiger partial charge is 0.231 e. The van der Waals surface area contributed by atoms with Gasteiger partial charge in [0.2, 0.25) is 5.71 Å². The molecule has 0 atom stereocenters. The van der Waals surface area contributed by atoms with Gasteiger partial charge in [0.15, 0.2) is 23.3 Å². The largest absolute Gasteiger partial charge is 0.437 e. The lowest BCUT2D eigenvalue weighted by Gasteiger charge is -2.12. The van der Waals surface area contributed by atoms with Crippen molar-refractivity contribution >= 4 is 43.9 Å². The molecule has 0 unspecified atom stereocenters.